The molecule has 5 nitrogen and oxygen atoms in total. The Kier molecular flexibility index (Phi) is 3.75. The van der Waals surface area contributed by atoms with Gasteiger partial charge in [0.25, 0.3) is 5.91 Å². The standard InChI is InChI=1S/C16H16N2O3/c19-9-12-3-1-2-4-13(12)17-8-11-5-6-15-14(7-11)18-16(20)10-21-15/h1-7,17,19H,8-10H2,(H,18,20). The van der Waals surface area contributed by atoms with Crippen LogP contribution < -0.4 is 15.4 Å². The maximum Gasteiger partial charge on any atom is 0.262 e. The van der Waals surface area contributed by atoms with Crippen LogP contribution in [0.1, 0.15) is 11.1 Å². The van der Waals surface area contributed by atoms with Gasteiger partial charge in [-0.05, 0) is 23.8 Å². The van der Waals surface area contributed by atoms with E-state index in [9.17, 15) is 9.90 Å². The molecule has 0 atom stereocenters. The summed E-state index contributed by atoms with van der Waals surface area (Å²) < 4.78 is 5.32. The average Bonchev–Trinajstić information content (AvgIpc) is 2.52. The molecule has 0 spiro atoms. The monoisotopic (exact) mass is 284 g/mol. The van der Waals surface area contributed by atoms with E-state index in [1.165, 1.54) is 0 Å². The normalized spacial score (nSPS) is 13.1. The smallest absolute Gasteiger partial charge is 0.262 e. The number of aliphatic hydroxyl groups is 1. The number of hydrogen-bond acceptors (Lipinski definition) is 4. The highest BCUT2D eigenvalue weighted by molar-refractivity contribution is 5.95. The van der Waals surface area contributed by atoms with Gasteiger partial charge in [-0.1, -0.05) is 24.3 Å². The molecule has 0 aromatic heterocycles. The fourth-order valence-electron chi connectivity index (χ4n) is 2.27. The van der Waals surface area contributed by atoms with Crippen molar-refractivity contribution in [3.8, 4) is 5.75 Å². The number of rotatable bonds is 4. The van der Waals surface area contributed by atoms with Gasteiger partial charge in [0.1, 0.15) is 5.75 Å². The van der Waals surface area contributed by atoms with Crippen molar-refractivity contribution in [2.75, 3.05) is 17.2 Å². The van der Waals surface area contributed by atoms with Crippen LogP contribution in [0.3, 0.4) is 0 Å². The van der Waals surface area contributed by atoms with Gasteiger partial charge in [0.2, 0.25) is 0 Å². The van der Waals surface area contributed by atoms with E-state index >= 15 is 0 Å². The molecular formula is C16H16N2O3. The van der Waals surface area contributed by atoms with Crippen LogP contribution in [-0.4, -0.2) is 17.6 Å². The number of benzene rings is 2. The highest BCUT2D eigenvalue weighted by Gasteiger charge is 2.15. The largest absolute Gasteiger partial charge is 0.482 e. The minimum absolute atomic E-state index is 0.00272. The molecule has 1 aliphatic rings. The summed E-state index contributed by atoms with van der Waals surface area (Å²) in [6.07, 6.45) is 0. The lowest BCUT2D eigenvalue weighted by Crippen LogP contribution is -2.25. The van der Waals surface area contributed by atoms with Crippen LogP contribution in [0.2, 0.25) is 0 Å². The van der Waals surface area contributed by atoms with Crippen molar-refractivity contribution in [3.63, 3.8) is 0 Å². The van der Waals surface area contributed by atoms with Crippen LogP contribution in [0, 0.1) is 0 Å². The molecule has 0 bridgehead atoms. The third kappa shape index (κ3) is 2.98. The number of hydrogen-bond donors (Lipinski definition) is 3. The number of carbonyl (C=O) groups excluding carboxylic acids is 1. The molecular weight excluding hydrogens is 268 g/mol. The van der Waals surface area contributed by atoms with Gasteiger partial charge in [-0.3, -0.25) is 4.79 Å². The molecule has 2 aromatic rings. The molecule has 0 saturated heterocycles. The van der Waals surface area contributed by atoms with Crippen LogP contribution in [0.5, 0.6) is 5.75 Å². The lowest BCUT2D eigenvalue weighted by Gasteiger charge is -2.19. The van der Waals surface area contributed by atoms with E-state index in [4.69, 9.17) is 4.74 Å². The van der Waals surface area contributed by atoms with Crippen molar-refractivity contribution >= 4 is 17.3 Å². The van der Waals surface area contributed by atoms with E-state index < -0.39 is 0 Å². The summed E-state index contributed by atoms with van der Waals surface area (Å²) in [6.45, 7) is 0.659. The second-order valence-electron chi connectivity index (χ2n) is 4.84. The number of anilines is 2. The number of aliphatic hydroxyl groups excluding tert-OH is 1. The Bertz CT molecular complexity index is 670. The molecule has 21 heavy (non-hydrogen) atoms. The van der Waals surface area contributed by atoms with Crippen LogP contribution >= 0.6 is 0 Å². The van der Waals surface area contributed by atoms with Gasteiger partial charge in [-0.2, -0.15) is 0 Å². The van der Waals surface area contributed by atoms with Crippen LogP contribution in [0.4, 0.5) is 11.4 Å². The molecule has 0 radical (unpaired) electrons. The molecule has 1 heterocycles. The summed E-state index contributed by atoms with van der Waals surface area (Å²) in [6, 6.07) is 13.3. The van der Waals surface area contributed by atoms with Crippen LogP contribution in [0.15, 0.2) is 42.5 Å². The molecule has 108 valence electrons. The lowest BCUT2D eigenvalue weighted by molar-refractivity contribution is -0.118. The number of nitrogens with one attached hydrogen (secondary N) is 2. The van der Waals surface area contributed by atoms with E-state index in [-0.39, 0.29) is 19.1 Å². The third-order valence-electron chi connectivity index (χ3n) is 3.35. The number of fused-ring (bicyclic) bond motifs is 1. The quantitative estimate of drug-likeness (QED) is 0.804. The van der Waals surface area contributed by atoms with Gasteiger partial charge >= 0.3 is 0 Å². The summed E-state index contributed by atoms with van der Waals surface area (Å²) in [5.74, 6) is 0.548. The maximum absolute atomic E-state index is 11.3. The summed E-state index contributed by atoms with van der Waals surface area (Å²) >= 11 is 0. The number of para-hydroxylation sites is 1. The Hall–Kier alpha value is -2.53. The Balaban J connectivity index is 1.74. The number of ether oxygens (including phenoxy) is 1. The third-order valence-corrected chi connectivity index (χ3v) is 3.35. The van der Waals surface area contributed by atoms with Crippen molar-refractivity contribution in [1.29, 1.82) is 0 Å². The SMILES string of the molecule is O=C1COc2ccc(CNc3ccccc3CO)cc2N1. The van der Waals surface area contributed by atoms with Crippen molar-refractivity contribution in [3.05, 3.63) is 53.6 Å². The summed E-state index contributed by atoms with van der Waals surface area (Å²) in [5, 5.41) is 15.4. The fourth-order valence-corrected chi connectivity index (χ4v) is 2.27. The average molecular weight is 284 g/mol. The first kappa shape index (κ1) is 13.5. The molecule has 1 aliphatic heterocycles. The van der Waals surface area contributed by atoms with Gasteiger partial charge in [0, 0.05) is 17.8 Å². The van der Waals surface area contributed by atoms with Crippen LogP contribution in [0.25, 0.3) is 0 Å². The molecule has 0 saturated carbocycles. The highest BCUT2D eigenvalue weighted by Crippen LogP contribution is 2.28. The topological polar surface area (TPSA) is 70.6 Å². The summed E-state index contributed by atoms with van der Waals surface area (Å²) in [4.78, 5) is 11.3. The van der Waals surface area contributed by atoms with Crippen molar-refractivity contribution < 1.29 is 14.6 Å². The summed E-state index contributed by atoms with van der Waals surface area (Å²) in [7, 11) is 0. The Morgan fingerprint density at radius 3 is 2.95 bits per heavy atom. The van der Waals surface area contributed by atoms with E-state index in [1.54, 1.807) is 0 Å². The van der Waals surface area contributed by atoms with Gasteiger partial charge in [0.15, 0.2) is 6.61 Å². The van der Waals surface area contributed by atoms with Gasteiger partial charge < -0.3 is 20.5 Å². The Labute approximate surface area is 122 Å². The first-order chi connectivity index (χ1) is 10.3. The molecule has 0 aliphatic carbocycles. The van der Waals surface area contributed by atoms with Crippen molar-refractivity contribution in [2.24, 2.45) is 0 Å². The second-order valence-corrected chi connectivity index (χ2v) is 4.84. The van der Waals surface area contributed by atoms with E-state index in [2.05, 4.69) is 10.6 Å². The number of amides is 1. The van der Waals surface area contributed by atoms with Gasteiger partial charge in [-0.15, -0.1) is 0 Å². The zero-order valence-corrected chi connectivity index (χ0v) is 11.4. The zero-order valence-electron chi connectivity index (χ0n) is 11.4. The van der Waals surface area contributed by atoms with Crippen LogP contribution in [-0.2, 0) is 17.9 Å². The van der Waals surface area contributed by atoms with Gasteiger partial charge in [-0.25, -0.2) is 0 Å². The maximum atomic E-state index is 11.3. The molecule has 0 unspecified atom stereocenters. The first-order valence-corrected chi connectivity index (χ1v) is 6.74. The number of carbonyl (C=O) groups is 1. The molecule has 0 fully saturated rings. The minimum Gasteiger partial charge on any atom is -0.482 e. The minimum atomic E-state index is -0.141. The second kappa shape index (κ2) is 5.85. The predicted molar refractivity (Wildman–Crippen MR) is 80.3 cm³/mol. The Morgan fingerprint density at radius 2 is 2.10 bits per heavy atom. The van der Waals surface area contributed by atoms with E-state index in [0.29, 0.717) is 18.0 Å². The zero-order chi connectivity index (χ0) is 14.7. The molecule has 3 rings (SSSR count). The first-order valence-electron chi connectivity index (χ1n) is 6.74. The lowest BCUT2D eigenvalue weighted by atomic mass is 10.1. The van der Waals surface area contributed by atoms with Crippen molar-refractivity contribution in [1.82, 2.24) is 0 Å². The molecule has 5 heteroatoms. The summed E-state index contributed by atoms with van der Waals surface area (Å²) in [5.41, 5.74) is 3.47. The van der Waals surface area contributed by atoms with E-state index in [1.807, 2.05) is 42.5 Å². The molecule has 3 N–H and O–H groups in total. The molecule has 1 amide bonds. The van der Waals surface area contributed by atoms with Gasteiger partial charge in [0.05, 0.1) is 12.3 Å². The molecule has 2 aromatic carbocycles. The fraction of sp³-hybridized carbons (Fsp3) is 0.188. The highest BCUT2D eigenvalue weighted by atomic mass is 16.5. The Morgan fingerprint density at radius 1 is 1.24 bits per heavy atom. The predicted octanol–water partition coefficient (Wildman–Crippen LogP) is 2.12. The van der Waals surface area contributed by atoms with E-state index in [0.717, 1.165) is 16.8 Å². The van der Waals surface area contributed by atoms with Crippen molar-refractivity contribution in [2.45, 2.75) is 13.2 Å².